The molecule has 2 atom stereocenters. The Balaban J connectivity index is 2.63. The minimum atomic E-state index is -0.962. The highest BCUT2D eigenvalue weighted by molar-refractivity contribution is 7.99. The van der Waals surface area contributed by atoms with Crippen LogP contribution in [0.2, 0.25) is 0 Å². The molecule has 1 aliphatic heterocycles. The van der Waals surface area contributed by atoms with Gasteiger partial charge in [0.1, 0.15) is 0 Å². The van der Waals surface area contributed by atoms with Crippen LogP contribution in [0.5, 0.6) is 0 Å². The van der Waals surface area contributed by atoms with Crippen LogP contribution < -0.4 is 0 Å². The van der Waals surface area contributed by atoms with Crippen LogP contribution in [-0.4, -0.2) is 33.3 Å². The van der Waals surface area contributed by atoms with Crippen LogP contribution in [0.15, 0.2) is 0 Å². The van der Waals surface area contributed by atoms with E-state index in [1.54, 1.807) is 18.7 Å². The molecule has 2 N–H and O–H groups in total. The number of carboxylic acid groups (broad SMARTS) is 1. The Labute approximate surface area is 69.8 Å². The highest BCUT2D eigenvalue weighted by Crippen LogP contribution is 2.33. The lowest BCUT2D eigenvalue weighted by Gasteiger charge is -2.25. The van der Waals surface area contributed by atoms with Crippen molar-refractivity contribution in [3.05, 3.63) is 0 Å². The van der Waals surface area contributed by atoms with E-state index in [1.807, 2.05) is 0 Å². The fraction of sp³-hybridized carbons (Fsp3) is 0.857. The third-order valence-electron chi connectivity index (χ3n) is 2.21. The first-order valence-electron chi connectivity index (χ1n) is 3.59. The maximum Gasteiger partial charge on any atom is 0.309 e. The monoisotopic (exact) mass is 176 g/mol. The summed E-state index contributed by atoms with van der Waals surface area (Å²) in [5, 5.41) is 18.4. The van der Waals surface area contributed by atoms with Crippen molar-refractivity contribution in [2.75, 3.05) is 11.5 Å². The topological polar surface area (TPSA) is 57.5 Å². The van der Waals surface area contributed by atoms with Gasteiger partial charge in [-0.2, -0.15) is 11.8 Å². The molecule has 0 spiro atoms. The minimum absolute atomic E-state index is 0.556. The van der Waals surface area contributed by atoms with E-state index in [9.17, 15) is 9.90 Å². The first-order valence-corrected chi connectivity index (χ1v) is 4.75. The van der Waals surface area contributed by atoms with Crippen LogP contribution in [0.25, 0.3) is 0 Å². The fourth-order valence-electron chi connectivity index (χ4n) is 1.14. The van der Waals surface area contributed by atoms with E-state index in [-0.39, 0.29) is 0 Å². The van der Waals surface area contributed by atoms with Gasteiger partial charge in [0.05, 0.1) is 11.5 Å². The second-order valence-electron chi connectivity index (χ2n) is 2.97. The van der Waals surface area contributed by atoms with Crippen LogP contribution in [0.4, 0.5) is 0 Å². The number of carbonyl (C=O) groups is 1. The molecule has 3 nitrogen and oxygen atoms in total. The number of aliphatic carboxylic acids is 1. The van der Waals surface area contributed by atoms with E-state index in [4.69, 9.17) is 5.11 Å². The van der Waals surface area contributed by atoms with Crippen molar-refractivity contribution < 1.29 is 15.0 Å². The summed E-state index contributed by atoms with van der Waals surface area (Å²) in [5.41, 5.74) is -0.962. The standard InChI is InChI=1S/C7H12O3S/c1-5(6(8)9)7(10)2-3-11-4-7/h5,10H,2-4H2,1H3,(H,8,9). The predicted molar refractivity (Wildman–Crippen MR) is 43.7 cm³/mol. The summed E-state index contributed by atoms with van der Waals surface area (Å²) in [6.07, 6.45) is 0.602. The van der Waals surface area contributed by atoms with Crippen LogP contribution in [0, 0.1) is 5.92 Å². The molecule has 0 aliphatic carbocycles. The molecule has 0 aromatic carbocycles. The van der Waals surface area contributed by atoms with Gasteiger partial charge in [0.15, 0.2) is 0 Å². The molecule has 0 bridgehead atoms. The Kier molecular flexibility index (Phi) is 2.44. The quantitative estimate of drug-likeness (QED) is 0.646. The van der Waals surface area contributed by atoms with Crippen molar-refractivity contribution in [2.24, 2.45) is 5.92 Å². The van der Waals surface area contributed by atoms with Crippen molar-refractivity contribution in [2.45, 2.75) is 18.9 Å². The smallest absolute Gasteiger partial charge is 0.309 e. The van der Waals surface area contributed by atoms with Crippen molar-refractivity contribution in [3.8, 4) is 0 Å². The summed E-state index contributed by atoms with van der Waals surface area (Å²) in [4.78, 5) is 10.5. The molecule has 0 saturated carbocycles. The average Bonchev–Trinajstić information content (AvgIpc) is 2.35. The molecule has 1 rings (SSSR count). The molecule has 11 heavy (non-hydrogen) atoms. The normalized spacial score (nSPS) is 33.6. The highest BCUT2D eigenvalue weighted by Gasteiger charge is 2.41. The predicted octanol–water partition coefficient (Wildman–Crippen LogP) is 0.575. The van der Waals surface area contributed by atoms with Gasteiger partial charge < -0.3 is 10.2 Å². The second kappa shape index (κ2) is 3.03. The van der Waals surface area contributed by atoms with E-state index in [0.29, 0.717) is 12.2 Å². The number of rotatable bonds is 2. The van der Waals surface area contributed by atoms with Crippen molar-refractivity contribution in [1.29, 1.82) is 0 Å². The number of hydrogen-bond acceptors (Lipinski definition) is 3. The van der Waals surface area contributed by atoms with Gasteiger partial charge in [0.2, 0.25) is 0 Å². The molecule has 1 fully saturated rings. The molecule has 0 amide bonds. The number of aliphatic hydroxyl groups is 1. The van der Waals surface area contributed by atoms with Crippen molar-refractivity contribution >= 4 is 17.7 Å². The molecule has 64 valence electrons. The van der Waals surface area contributed by atoms with Gasteiger partial charge in [-0.15, -0.1) is 0 Å². The highest BCUT2D eigenvalue weighted by atomic mass is 32.2. The van der Waals surface area contributed by atoms with Crippen LogP contribution in [0.3, 0.4) is 0 Å². The Morgan fingerprint density at radius 1 is 1.73 bits per heavy atom. The molecule has 2 unspecified atom stereocenters. The lowest BCUT2D eigenvalue weighted by atomic mass is 9.89. The molecule has 1 aliphatic rings. The third kappa shape index (κ3) is 1.68. The summed E-state index contributed by atoms with van der Waals surface area (Å²) in [6, 6.07) is 0. The number of carboxylic acids is 1. The molecule has 0 aromatic heterocycles. The zero-order chi connectivity index (χ0) is 8.48. The van der Waals surface area contributed by atoms with Crippen LogP contribution in [-0.2, 0) is 4.79 Å². The lowest BCUT2D eigenvalue weighted by Crippen LogP contribution is -2.40. The molecule has 1 heterocycles. The molecular formula is C7H12O3S. The molecule has 4 heteroatoms. The maximum atomic E-state index is 10.5. The average molecular weight is 176 g/mol. The summed E-state index contributed by atoms with van der Waals surface area (Å²) in [7, 11) is 0. The zero-order valence-corrected chi connectivity index (χ0v) is 7.23. The fourth-order valence-corrected chi connectivity index (χ4v) is 2.53. The number of hydrogen-bond donors (Lipinski definition) is 2. The second-order valence-corrected chi connectivity index (χ2v) is 4.07. The minimum Gasteiger partial charge on any atom is -0.481 e. The summed E-state index contributed by atoms with van der Waals surface area (Å²) in [6.45, 7) is 1.56. The molecule has 0 aromatic rings. The van der Waals surface area contributed by atoms with E-state index in [1.165, 1.54) is 0 Å². The first kappa shape index (κ1) is 8.87. The van der Waals surface area contributed by atoms with Gasteiger partial charge in [-0.1, -0.05) is 0 Å². The van der Waals surface area contributed by atoms with Crippen molar-refractivity contribution in [3.63, 3.8) is 0 Å². The van der Waals surface area contributed by atoms with Gasteiger partial charge in [-0.3, -0.25) is 4.79 Å². The Morgan fingerprint density at radius 2 is 2.36 bits per heavy atom. The van der Waals surface area contributed by atoms with Crippen molar-refractivity contribution in [1.82, 2.24) is 0 Å². The van der Waals surface area contributed by atoms with Gasteiger partial charge in [0.25, 0.3) is 0 Å². The Bertz CT molecular complexity index is 163. The van der Waals surface area contributed by atoms with Gasteiger partial charge >= 0.3 is 5.97 Å². The zero-order valence-electron chi connectivity index (χ0n) is 6.41. The van der Waals surface area contributed by atoms with E-state index in [2.05, 4.69) is 0 Å². The first-order chi connectivity index (χ1) is 5.06. The Morgan fingerprint density at radius 3 is 2.73 bits per heavy atom. The summed E-state index contributed by atoms with van der Waals surface area (Å²) < 4.78 is 0. The SMILES string of the molecule is CC(C(=O)O)C1(O)CCSC1. The summed E-state index contributed by atoms with van der Waals surface area (Å²) in [5.74, 6) is -0.123. The molecular weight excluding hydrogens is 164 g/mol. The third-order valence-corrected chi connectivity index (χ3v) is 3.40. The summed E-state index contributed by atoms with van der Waals surface area (Å²) >= 11 is 1.61. The van der Waals surface area contributed by atoms with Crippen LogP contribution in [0.1, 0.15) is 13.3 Å². The Hall–Kier alpha value is -0.220. The van der Waals surface area contributed by atoms with E-state index >= 15 is 0 Å². The molecule has 0 radical (unpaired) electrons. The van der Waals surface area contributed by atoms with Gasteiger partial charge in [0, 0.05) is 5.75 Å². The maximum absolute atomic E-state index is 10.5. The largest absolute Gasteiger partial charge is 0.481 e. The van der Waals surface area contributed by atoms with E-state index < -0.39 is 17.5 Å². The van der Waals surface area contributed by atoms with Gasteiger partial charge in [-0.25, -0.2) is 0 Å². The van der Waals surface area contributed by atoms with E-state index in [0.717, 1.165) is 5.75 Å². The van der Waals surface area contributed by atoms with Crippen LogP contribution >= 0.6 is 11.8 Å². The van der Waals surface area contributed by atoms with Gasteiger partial charge in [-0.05, 0) is 19.1 Å². The number of thioether (sulfide) groups is 1. The molecule has 1 saturated heterocycles. The lowest BCUT2D eigenvalue weighted by molar-refractivity contribution is -0.149.